The molecule has 18 heavy (non-hydrogen) atoms. The molecule has 2 aliphatic rings. The summed E-state index contributed by atoms with van der Waals surface area (Å²) in [4.78, 5) is 8.73. The number of anilines is 1. The predicted octanol–water partition coefficient (Wildman–Crippen LogP) is 2.85. The second-order valence-corrected chi connectivity index (χ2v) is 5.54. The molecule has 0 spiro atoms. The van der Waals surface area contributed by atoms with Gasteiger partial charge in [-0.3, -0.25) is 0 Å². The minimum atomic E-state index is 0.522. The summed E-state index contributed by atoms with van der Waals surface area (Å²) < 4.78 is 5.56. The van der Waals surface area contributed by atoms with E-state index < -0.39 is 0 Å². The van der Waals surface area contributed by atoms with Crippen LogP contribution in [0.2, 0.25) is 5.15 Å². The van der Waals surface area contributed by atoms with Crippen LogP contribution in [0, 0.1) is 5.92 Å². The van der Waals surface area contributed by atoms with Gasteiger partial charge in [0.25, 0.3) is 0 Å². The quantitative estimate of drug-likeness (QED) is 0.610. The van der Waals surface area contributed by atoms with Crippen molar-refractivity contribution < 1.29 is 4.74 Å². The average Bonchev–Trinajstić information content (AvgIpc) is 3.21. The second kappa shape index (κ2) is 5.41. The minimum Gasteiger partial charge on any atom is -0.379 e. The normalized spacial score (nSPS) is 18.9. The van der Waals surface area contributed by atoms with E-state index in [2.05, 4.69) is 15.3 Å². The first-order valence-electron chi connectivity index (χ1n) is 6.67. The van der Waals surface area contributed by atoms with Crippen molar-refractivity contribution in [1.29, 1.82) is 0 Å². The van der Waals surface area contributed by atoms with Gasteiger partial charge < -0.3 is 10.1 Å². The third-order valence-corrected chi connectivity index (χ3v) is 3.45. The monoisotopic (exact) mass is 267 g/mol. The van der Waals surface area contributed by atoms with Gasteiger partial charge in [-0.25, -0.2) is 9.97 Å². The summed E-state index contributed by atoms with van der Waals surface area (Å²) in [5, 5.41) is 3.76. The molecular weight excluding hydrogens is 250 g/mol. The molecule has 5 heteroatoms. The summed E-state index contributed by atoms with van der Waals surface area (Å²) in [6, 6.07) is 1.77. The van der Waals surface area contributed by atoms with Crippen LogP contribution in [0.25, 0.3) is 0 Å². The van der Waals surface area contributed by atoms with Crippen LogP contribution in [0.1, 0.15) is 37.4 Å². The Kier molecular flexibility index (Phi) is 3.66. The Balaban J connectivity index is 1.45. The molecule has 1 heterocycles. The van der Waals surface area contributed by atoms with Gasteiger partial charge >= 0.3 is 0 Å². The highest BCUT2D eigenvalue weighted by Gasteiger charge is 2.27. The van der Waals surface area contributed by atoms with Gasteiger partial charge in [0.15, 0.2) is 0 Å². The molecule has 98 valence electrons. The summed E-state index contributed by atoms with van der Waals surface area (Å²) in [7, 11) is 0. The van der Waals surface area contributed by atoms with E-state index in [1.807, 2.05) is 0 Å². The molecule has 3 rings (SSSR count). The van der Waals surface area contributed by atoms with Gasteiger partial charge in [0.2, 0.25) is 0 Å². The lowest BCUT2D eigenvalue weighted by Crippen LogP contribution is -2.12. The molecule has 1 N–H and O–H groups in total. The molecule has 4 nitrogen and oxygen atoms in total. The van der Waals surface area contributed by atoms with Crippen molar-refractivity contribution in [2.24, 2.45) is 5.92 Å². The summed E-state index contributed by atoms with van der Waals surface area (Å²) in [6.07, 6.45) is 5.04. The molecule has 0 atom stereocenters. The van der Waals surface area contributed by atoms with Crippen LogP contribution in [0.5, 0.6) is 0 Å². The van der Waals surface area contributed by atoms with Gasteiger partial charge in [-0.2, -0.15) is 0 Å². The molecule has 0 bridgehead atoms. The number of hydrogen-bond donors (Lipinski definition) is 1. The topological polar surface area (TPSA) is 47.0 Å². The molecule has 2 fully saturated rings. The third kappa shape index (κ3) is 3.56. The predicted molar refractivity (Wildman–Crippen MR) is 71.0 cm³/mol. The van der Waals surface area contributed by atoms with E-state index >= 15 is 0 Å². The Morgan fingerprint density at radius 2 is 2.11 bits per heavy atom. The Morgan fingerprint density at radius 1 is 1.28 bits per heavy atom. The Labute approximate surface area is 112 Å². The smallest absolute Gasteiger partial charge is 0.135 e. The van der Waals surface area contributed by atoms with E-state index in [0.717, 1.165) is 37.3 Å². The van der Waals surface area contributed by atoms with Crippen LogP contribution in [0.15, 0.2) is 6.07 Å². The zero-order chi connectivity index (χ0) is 12.4. The number of hydrogen-bond acceptors (Lipinski definition) is 4. The second-order valence-electron chi connectivity index (χ2n) is 5.15. The van der Waals surface area contributed by atoms with Gasteiger partial charge in [0.1, 0.15) is 16.8 Å². The fraction of sp³-hybridized carbons (Fsp3) is 0.692. The van der Waals surface area contributed by atoms with E-state index in [0.29, 0.717) is 11.1 Å². The van der Waals surface area contributed by atoms with Gasteiger partial charge in [0.05, 0.1) is 6.61 Å². The van der Waals surface area contributed by atoms with Gasteiger partial charge in [-0.15, -0.1) is 0 Å². The van der Waals surface area contributed by atoms with Crippen LogP contribution in [-0.4, -0.2) is 29.7 Å². The molecule has 0 amide bonds. The average molecular weight is 268 g/mol. The molecule has 0 aromatic carbocycles. The van der Waals surface area contributed by atoms with Crippen LogP contribution in [-0.2, 0) is 4.74 Å². The summed E-state index contributed by atoms with van der Waals surface area (Å²) in [6.45, 7) is 2.39. The zero-order valence-electron chi connectivity index (χ0n) is 10.4. The highest BCUT2D eigenvalue weighted by atomic mass is 35.5. The highest BCUT2D eigenvalue weighted by Crippen LogP contribution is 2.38. The molecule has 0 aliphatic heterocycles. The summed E-state index contributed by atoms with van der Waals surface area (Å²) in [5.74, 6) is 3.03. The van der Waals surface area contributed by atoms with Crippen LogP contribution in [0.4, 0.5) is 5.82 Å². The number of halogens is 1. The first-order chi connectivity index (χ1) is 8.81. The minimum absolute atomic E-state index is 0.522. The molecule has 0 saturated heterocycles. The number of nitrogens with one attached hydrogen (secondary N) is 1. The maximum absolute atomic E-state index is 5.99. The maximum atomic E-state index is 5.99. The summed E-state index contributed by atoms with van der Waals surface area (Å²) >= 11 is 5.99. The third-order valence-electron chi connectivity index (χ3n) is 3.26. The van der Waals surface area contributed by atoms with E-state index in [4.69, 9.17) is 16.3 Å². The van der Waals surface area contributed by atoms with Crippen molar-refractivity contribution >= 4 is 17.4 Å². The zero-order valence-corrected chi connectivity index (χ0v) is 11.1. The first kappa shape index (κ1) is 12.2. The van der Waals surface area contributed by atoms with Crippen LogP contribution in [0.3, 0.4) is 0 Å². The standard InChI is InChI=1S/C13H18ClN3O/c14-11-7-12(17-13(16-11)10-3-4-10)15-5-6-18-8-9-1-2-9/h7,9-10H,1-6,8H2,(H,15,16,17). The first-order valence-corrected chi connectivity index (χ1v) is 7.05. The SMILES string of the molecule is Clc1cc(NCCOCC2CC2)nc(C2CC2)n1. The number of aromatic nitrogens is 2. The van der Waals surface area contributed by atoms with Crippen molar-refractivity contribution in [3.05, 3.63) is 17.0 Å². The van der Waals surface area contributed by atoms with Crippen molar-refractivity contribution in [3.8, 4) is 0 Å². The molecule has 1 aromatic rings. The lowest BCUT2D eigenvalue weighted by molar-refractivity contribution is 0.134. The van der Waals surface area contributed by atoms with Crippen molar-refractivity contribution in [1.82, 2.24) is 9.97 Å². The fourth-order valence-electron chi connectivity index (χ4n) is 1.84. The number of nitrogens with zero attached hydrogens (tertiary/aromatic N) is 2. The van der Waals surface area contributed by atoms with Crippen molar-refractivity contribution in [2.75, 3.05) is 25.1 Å². The highest BCUT2D eigenvalue weighted by molar-refractivity contribution is 6.29. The van der Waals surface area contributed by atoms with E-state index in [1.54, 1.807) is 6.07 Å². The number of rotatable bonds is 7. The summed E-state index contributed by atoms with van der Waals surface area (Å²) in [5.41, 5.74) is 0. The molecule has 0 radical (unpaired) electrons. The van der Waals surface area contributed by atoms with Gasteiger partial charge in [0, 0.05) is 25.1 Å². The van der Waals surface area contributed by atoms with Crippen LogP contribution >= 0.6 is 11.6 Å². The van der Waals surface area contributed by atoms with Crippen LogP contribution < -0.4 is 5.32 Å². The molecule has 0 unspecified atom stereocenters. The van der Waals surface area contributed by atoms with E-state index in [9.17, 15) is 0 Å². The fourth-order valence-corrected chi connectivity index (χ4v) is 2.03. The van der Waals surface area contributed by atoms with Crippen molar-refractivity contribution in [2.45, 2.75) is 31.6 Å². The number of ether oxygens (including phenoxy) is 1. The Hall–Kier alpha value is -0.870. The van der Waals surface area contributed by atoms with E-state index in [1.165, 1.54) is 25.7 Å². The molecular formula is C13H18ClN3O. The largest absolute Gasteiger partial charge is 0.379 e. The molecule has 1 aromatic heterocycles. The van der Waals surface area contributed by atoms with Gasteiger partial charge in [-0.1, -0.05) is 11.6 Å². The lowest BCUT2D eigenvalue weighted by atomic mass is 10.4. The molecule has 2 aliphatic carbocycles. The molecule has 2 saturated carbocycles. The maximum Gasteiger partial charge on any atom is 0.135 e. The Bertz CT molecular complexity index is 419. The van der Waals surface area contributed by atoms with Crippen molar-refractivity contribution in [3.63, 3.8) is 0 Å². The van der Waals surface area contributed by atoms with E-state index in [-0.39, 0.29) is 0 Å². The Morgan fingerprint density at radius 3 is 2.83 bits per heavy atom. The van der Waals surface area contributed by atoms with Gasteiger partial charge in [-0.05, 0) is 31.6 Å². The lowest BCUT2D eigenvalue weighted by Gasteiger charge is -2.08.